The molecule has 1 aromatic carbocycles. The van der Waals surface area contributed by atoms with E-state index >= 15 is 0 Å². The number of rotatable bonds is 5. The van der Waals surface area contributed by atoms with Crippen molar-refractivity contribution in [3.63, 3.8) is 0 Å². The van der Waals surface area contributed by atoms with E-state index in [1.54, 1.807) is 17.5 Å². The average Bonchev–Trinajstić information content (AvgIpc) is 3.13. The first kappa shape index (κ1) is 14.9. The molecule has 0 bridgehead atoms. The van der Waals surface area contributed by atoms with Gasteiger partial charge in [0.1, 0.15) is 17.9 Å². The van der Waals surface area contributed by atoms with Crippen LogP contribution in [0.2, 0.25) is 0 Å². The summed E-state index contributed by atoms with van der Waals surface area (Å²) in [4.78, 5) is 8.96. The number of hydrogen-bond acceptors (Lipinski definition) is 6. The highest BCUT2D eigenvalue weighted by Crippen LogP contribution is 2.28. The Kier molecular flexibility index (Phi) is 3.78. The van der Waals surface area contributed by atoms with Crippen molar-refractivity contribution in [1.29, 1.82) is 0 Å². The van der Waals surface area contributed by atoms with Gasteiger partial charge in [0, 0.05) is 18.6 Å². The van der Waals surface area contributed by atoms with Gasteiger partial charge < -0.3 is 10.1 Å². The van der Waals surface area contributed by atoms with Crippen molar-refractivity contribution < 1.29 is 4.74 Å². The van der Waals surface area contributed by atoms with E-state index in [0.717, 1.165) is 37.8 Å². The van der Waals surface area contributed by atoms with Crippen molar-refractivity contribution in [2.75, 3.05) is 18.5 Å². The first-order valence-electron chi connectivity index (χ1n) is 7.73. The molecule has 0 fully saturated rings. The van der Waals surface area contributed by atoms with Crippen LogP contribution in [0.3, 0.4) is 0 Å². The highest BCUT2D eigenvalue weighted by atomic mass is 32.1. The maximum absolute atomic E-state index is 5.88. The highest BCUT2D eigenvalue weighted by molar-refractivity contribution is 7.22. The molecule has 0 aliphatic heterocycles. The number of ether oxygens (including phenoxy) is 1. The molecule has 0 unspecified atom stereocenters. The molecule has 3 heterocycles. The molecule has 0 aliphatic rings. The van der Waals surface area contributed by atoms with Gasteiger partial charge in [-0.3, -0.25) is 4.98 Å². The van der Waals surface area contributed by atoms with Crippen LogP contribution in [0, 0.1) is 6.92 Å². The molecule has 0 saturated carbocycles. The van der Waals surface area contributed by atoms with Crippen molar-refractivity contribution in [1.82, 2.24) is 19.7 Å². The van der Waals surface area contributed by atoms with Crippen LogP contribution in [0.25, 0.3) is 21.3 Å². The Morgan fingerprint density at radius 3 is 3.00 bits per heavy atom. The molecule has 1 N–H and O–H groups in total. The van der Waals surface area contributed by atoms with Gasteiger partial charge in [-0.2, -0.15) is 5.10 Å². The van der Waals surface area contributed by atoms with Crippen LogP contribution in [0.1, 0.15) is 5.69 Å². The molecular weight excluding hydrogens is 322 g/mol. The number of benzene rings is 1. The van der Waals surface area contributed by atoms with Gasteiger partial charge in [-0.05, 0) is 19.1 Å². The number of hydrogen-bond donors (Lipinski definition) is 1. The molecule has 0 radical (unpaired) electrons. The summed E-state index contributed by atoms with van der Waals surface area (Å²) in [6.45, 7) is 3.22. The lowest BCUT2D eigenvalue weighted by Gasteiger charge is -2.08. The SMILES string of the molecule is Cc1nn(C)c2nc(NCCOc3cccc4cccnc34)sc12. The Labute approximate surface area is 143 Å². The second kappa shape index (κ2) is 6.09. The highest BCUT2D eigenvalue weighted by Gasteiger charge is 2.11. The first-order chi connectivity index (χ1) is 11.7. The summed E-state index contributed by atoms with van der Waals surface area (Å²) in [5.41, 5.74) is 2.82. The van der Waals surface area contributed by atoms with Crippen LogP contribution in [0.15, 0.2) is 36.5 Å². The summed E-state index contributed by atoms with van der Waals surface area (Å²) in [6.07, 6.45) is 1.78. The number of fused-ring (bicyclic) bond motifs is 2. The molecule has 6 nitrogen and oxygen atoms in total. The number of thiazole rings is 1. The van der Waals surface area contributed by atoms with Gasteiger partial charge in [0.15, 0.2) is 10.8 Å². The summed E-state index contributed by atoms with van der Waals surface area (Å²) in [7, 11) is 1.91. The lowest BCUT2D eigenvalue weighted by atomic mass is 10.2. The van der Waals surface area contributed by atoms with Gasteiger partial charge in [-0.15, -0.1) is 0 Å². The fraction of sp³-hybridized carbons (Fsp3) is 0.235. The van der Waals surface area contributed by atoms with Crippen LogP contribution in [0.4, 0.5) is 5.13 Å². The Morgan fingerprint density at radius 2 is 2.12 bits per heavy atom. The first-order valence-corrected chi connectivity index (χ1v) is 8.54. The van der Waals surface area contributed by atoms with E-state index < -0.39 is 0 Å². The number of nitrogens with one attached hydrogen (secondary N) is 1. The number of pyridine rings is 1. The topological polar surface area (TPSA) is 64.9 Å². The summed E-state index contributed by atoms with van der Waals surface area (Å²) in [5.74, 6) is 0.805. The smallest absolute Gasteiger partial charge is 0.185 e. The van der Waals surface area contributed by atoms with Crippen molar-refractivity contribution in [3.8, 4) is 5.75 Å². The van der Waals surface area contributed by atoms with Gasteiger partial charge >= 0.3 is 0 Å². The van der Waals surface area contributed by atoms with E-state index in [-0.39, 0.29) is 0 Å². The fourth-order valence-corrected chi connectivity index (χ4v) is 3.63. The van der Waals surface area contributed by atoms with E-state index in [1.807, 2.05) is 49.0 Å². The Balaban J connectivity index is 1.41. The van der Waals surface area contributed by atoms with Gasteiger partial charge in [0.2, 0.25) is 0 Å². The van der Waals surface area contributed by atoms with Crippen LogP contribution in [-0.2, 0) is 7.05 Å². The average molecular weight is 339 g/mol. The minimum absolute atomic E-state index is 0.544. The molecule has 0 spiro atoms. The minimum atomic E-state index is 0.544. The van der Waals surface area contributed by atoms with E-state index in [0.29, 0.717) is 13.2 Å². The monoisotopic (exact) mass is 339 g/mol. The zero-order valence-corrected chi connectivity index (χ0v) is 14.3. The Bertz CT molecular complexity index is 967. The molecule has 4 aromatic rings. The molecule has 7 heteroatoms. The maximum Gasteiger partial charge on any atom is 0.185 e. The van der Waals surface area contributed by atoms with Crippen molar-refractivity contribution in [2.45, 2.75) is 6.92 Å². The van der Waals surface area contributed by atoms with Crippen LogP contribution in [0.5, 0.6) is 5.75 Å². The zero-order chi connectivity index (χ0) is 16.5. The Hall–Kier alpha value is -2.67. The summed E-state index contributed by atoms with van der Waals surface area (Å²) in [5, 5.41) is 9.65. The second-order valence-electron chi connectivity index (χ2n) is 5.49. The molecule has 0 atom stereocenters. The van der Waals surface area contributed by atoms with Crippen LogP contribution in [-0.4, -0.2) is 32.9 Å². The zero-order valence-electron chi connectivity index (χ0n) is 13.5. The molecule has 0 saturated heterocycles. The molecular formula is C17H17N5OS. The maximum atomic E-state index is 5.88. The van der Waals surface area contributed by atoms with Crippen molar-refractivity contribution in [2.24, 2.45) is 7.05 Å². The third-order valence-electron chi connectivity index (χ3n) is 3.78. The summed E-state index contributed by atoms with van der Waals surface area (Å²) < 4.78 is 8.81. The second-order valence-corrected chi connectivity index (χ2v) is 6.49. The predicted octanol–water partition coefficient (Wildman–Crippen LogP) is 3.38. The number of aromatic nitrogens is 4. The van der Waals surface area contributed by atoms with E-state index in [2.05, 4.69) is 20.4 Å². The van der Waals surface area contributed by atoms with E-state index in [9.17, 15) is 0 Å². The molecule has 0 aliphatic carbocycles. The predicted molar refractivity (Wildman–Crippen MR) is 96.9 cm³/mol. The third-order valence-corrected chi connectivity index (χ3v) is 4.89. The molecule has 122 valence electrons. The quantitative estimate of drug-likeness (QED) is 0.565. The molecule has 3 aromatic heterocycles. The van der Waals surface area contributed by atoms with Gasteiger partial charge in [0.05, 0.1) is 16.9 Å². The molecule has 4 rings (SSSR count). The molecule has 24 heavy (non-hydrogen) atoms. The third kappa shape index (κ3) is 2.67. The van der Waals surface area contributed by atoms with Gasteiger partial charge in [0.25, 0.3) is 0 Å². The minimum Gasteiger partial charge on any atom is -0.489 e. The van der Waals surface area contributed by atoms with Gasteiger partial charge in [-0.1, -0.05) is 29.5 Å². The number of para-hydroxylation sites is 1. The normalized spacial score (nSPS) is 11.2. The molecule has 0 amide bonds. The lowest BCUT2D eigenvalue weighted by molar-refractivity contribution is 0.336. The standard InChI is InChI=1S/C17H17N5OS/c1-11-15-16(22(2)21-11)20-17(24-15)19-9-10-23-13-7-3-5-12-6-4-8-18-14(12)13/h3-8H,9-10H2,1-2H3,(H,19,20). The number of aryl methyl sites for hydroxylation is 2. The number of nitrogens with zero attached hydrogens (tertiary/aromatic N) is 4. The van der Waals surface area contributed by atoms with Crippen LogP contribution < -0.4 is 10.1 Å². The summed E-state index contributed by atoms with van der Waals surface area (Å²) in [6, 6.07) is 9.92. The lowest BCUT2D eigenvalue weighted by Crippen LogP contribution is -2.11. The van der Waals surface area contributed by atoms with Crippen LogP contribution >= 0.6 is 11.3 Å². The van der Waals surface area contributed by atoms with Crippen molar-refractivity contribution in [3.05, 3.63) is 42.2 Å². The summed E-state index contributed by atoms with van der Waals surface area (Å²) >= 11 is 1.62. The van der Waals surface area contributed by atoms with E-state index in [1.165, 1.54) is 0 Å². The van der Waals surface area contributed by atoms with Gasteiger partial charge in [-0.25, -0.2) is 9.67 Å². The van der Waals surface area contributed by atoms with Crippen molar-refractivity contribution >= 4 is 37.7 Å². The Morgan fingerprint density at radius 1 is 1.25 bits per heavy atom. The fourth-order valence-electron chi connectivity index (χ4n) is 2.67. The largest absolute Gasteiger partial charge is 0.489 e. The van der Waals surface area contributed by atoms with E-state index in [4.69, 9.17) is 4.74 Å². The number of anilines is 1.